The summed E-state index contributed by atoms with van der Waals surface area (Å²) in [4.78, 5) is 24.8. The monoisotopic (exact) mass is 319 g/mol. The van der Waals surface area contributed by atoms with Crippen LogP contribution in [0.15, 0.2) is 41.3 Å². The normalized spacial score (nSPS) is 15.9. The van der Waals surface area contributed by atoms with Gasteiger partial charge in [0.1, 0.15) is 0 Å². The number of rotatable bonds is 2. The molecule has 0 aliphatic heterocycles. The molecule has 5 N–H and O–H groups in total. The summed E-state index contributed by atoms with van der Waals surface area (Å²) >= 11 is 0. The molecule has 0 amide bonds. The average Bonchev–Trinajstić information content (AvgIpc) is 2.51. The van der Waals surface area contributed by atoms with Crippen molar-refractivity contribution < 1.29 is 28.5 Å². The first kappa shape index (κ1) is 14.5. The Morgan fingerprint density at radius 2 is 1.50 bits per heavy atom. The van der Waals surface area contributed by atoms with Gasteiger partial charge in [0.15, 0.2) is 11.6 Å². The minimum absolute atomic E-state index is 0.0199. The van der Waals surface area contributed by atoms with Gasteiger partial charge in [-0.25, -0.2) is 0 Å². The number of carbonyl (C=O) groups excluding carboxylic acids is 2. The molecule has 0 fully saturated rings. The molecule has 3 rings (SSSR count). The lowest BCUT2D eigenvalue weighted by atomic mass is 9.83. The fraction of sp³-hybridized carbons (Fsp3) is 0. The molecule has 1 atom stereocenters. The number of benzene rings is 2. The van der Waals surface area contributed by atoms with Crippen LogP contribution in [-0.4, -0.2) is 11.6 Å². The summed E-state index contributed by atoms with van der Waals surface area (Å²) in [6, 6.07) is 8.41. The van der Waals surface area contributed by atoms with Gasteiger partial charge in [-0.1, -0.05) is 18.2 Å². The summed E-state index contributed by atoms with van der Waals surface area (Å²) in [5.74, 6) is 1.79. The van der Waals surface area contributed by atoms with Crippen LogP contribution in [0.5, 0.6) is 0 Å². The number of anilines is 1. The molecule has 0 heterocycles. The number of ketones is 2. The van der Waals surface area contributed by atoms with Gasteiger partial charge < -0.3 is 5.73 Å². The van der Waals surface area contributed by atoms with Gasteiger partial charge in [-0.2, -0.15) is 5.90 Å². The molecular formula is C14H11N2O5S+2. The third-order valence-corrected chi connectivity index (χ3v) is 4.68. The van der Waals surface area contributed by atoms with Gasteiger partial charge in [-0.3, -0.25) is 9.59 Å². The van der Waals surface area contributed by atoms with Crippen molar-refractivity contribution >= 4 is 27.7 Å². The van der Waals surface area contributed by atoms with E-state index in [2.05, 4.69) is 10.2 Å². The summed E-state index contributed by atoms with van der Waals surface area (Å²) in [5.41, 5.74) is 5.87. The highest BCUT2D eigenvalue weighted by atomic mass is 32.3. The van der Waals surface area contributed by atoms with E-state index in [4.69, 9.17) is 5.73 Å². The molecule has 1 unspecified atom stereocenters. The van der Waals surface area contributed by atoms with E-state index >= 15 is 0 Å². The van der Waals surface area contributed by atoms with Crippen molar-refractivity contribution in [3.05, 3.63) is 58.7 Å². The second kappa shape index (κ2) is 4.82. The first-order chi connectivity index (χ1) is 10.4. The van der Waals surface area contributed by atoms with Crippen molar-refractivity contribution in [1.29, 1.82) is 0 Å². The second-order valence-electron chi connectivity index (χ2n) is 4.68. The highest BCUT2D eigenvalue weighted by Crippen LogP contribution is 2.35. The highest BCUT2D eigenvalue weighted by molar-refractivity contribution is 7.92. The van der Waals surface area contributed by atoms with E-state index in [0.29, 0.717) is 0 Å². The summed E-state index contributed by atoms with van der Waals surface area (Å²) in [6.07, 6.45) is 0. The molecule has 2 aromatic rings. The number of nitrogen functional groups attached to an aromatic ring is 1. The minimum Gasteiger partial charge on any atom is -0.398 e. The summed E-state index contributed by atoms with van der Waals surface area (Å²) < 4.78 is 28.1. The molecule has 0 bridgehead atoms. The Morgan fingerprint density at radius 1 is 0.955 bits per heavy atom. The molecule has 2 aromatic carbocycles. The van der Waals surface area contributed by atoms with E-state index in [9.17, 15) is 18.4 Å². The van der Waals surface area contributed by atoms with Crippen LogP contribution in [0.1, 0.15) is 31.8 Å². The van der Waals surface area contributed by atoms with Gasteiger partial charge in [-0.05, 0) is 16.3 Å². The lowest BCUT2D eigenvalue weighted by molar-refractivity contribution is -0.637. The minimum atomic E-state index is -4.22. The summed E-state index contributed by atoms with van der Waals surface area (Å²) in [6.45, 7) is 0. The van der Waals surface area contributed by atoms with Crippen LogP contribution < -0.4 is 11.6 Å². The van der Waals surface area contributed by atoms with Crippen molar-refractivity contribution in [1.82, 2.24) is 0 Å². The van der Waals surface area contributed by atoms with Crippen LogP contribution in [0, 0.1) is 0 Å². The molecule has 111 valence electrons. The molecule has 0 saturated heterocycles. The van der Waals surface area contributed by atoms with Crippen molar-refractivity contribution in [3.8, 4) is 0 Å². The molecule has 0 saturated carbocycles. The molecule has 7 nitrogen and oxygen atoms in total. The maximum absolute atomic E-state index is 12.6. The number of fused-ring (bicyclic) bond motifs is 2. The van der Waals surface area contributed by atoms with Crippen LogP contribution in [0.2, 0.25) is 0 Å². The van der Waals surface area contributed by atoms with Gasteiger partial charge in [0.05, 0.1) is 20.0 Å². The van der Waals surface area contributed by atoms with E-state index in [-0.39, 0.29) is 32.8 Å². The molecular weight excluding hydrogens is 308 g/mol. The molecule has 0 spiro atoms. The van der Waals surface area contributed by atoms with Gasteiger partial charge in [0, 0.05) is 22.9 Å². The van der Waals surface area contributed by atoms with Gasteiger partial charge in [-0.15, -0.1) is 0 Å². The second-order valence-corrected chi connectivity index (χ2v) is 6.26. The Bertz CT molecular complexity index is 878. The molecule has 1 aliphatic rings. The van der Waals surface area contributed by atoms with Crippen molar-refractivity contribution in [2.45, 2.75) is 4.90 Å². The number of hydrogen-bond donors (Lipinski definition) is 2. The fourth-order valence-corrected chi connectivity index (χ4v) is 3.33. The molecule has 1 radical (unpaired) electrons. The predicted octanol–water partition coefficient (Wildman–Crippen LogP) is 0.337. The fourth-order valence-electron chi connectivity index (χ4n) is 2.51. The molecule has 22 heavy (non-hydrogen) atoms. The highest BCUT2D eigenvalue weighted by Gasteiger charge is 2.45. The van der Waals surface area contributed by atoms with Crippen LogP contribution >= 0.6 is 0 Å². The average molecular weight is 319 g/mol. The van der Waals surface area contributed by atoms with Crippen molar-refractivity contribution in [2.75, 3.05) is 5.73 Å². The van der Waals surface area contributed by atoms with E-state index in [0.717, 1.165) is 0 Å². The Labute approximate surface area is 126 Å². The van der Waals surface area contributed by atoms with Gasteiger partial charge >= 0.3 is 10.5 Å². The van der Waals surface area contributed by atoms with Gasteiger partial charge in [0.25, 0.3) is 0 Å². The lowest BCUT2D eigenvalue weighted by Gasteiger charge is -2.18. The summed E-state index contributed by atoms with van der Waals surface area (Å²) in [7, 11) is -4.22. The van der Waals surface area contributed by atoms with E-state index < -0.39 is 22.1 Å². The number of quaternary nitrogens is 1. The maximum atomic E-state index is 12.6. The van der Waals surface area contributed by atoms with Crippen molar-refractivity contribution in [2.24, 2.45) is 0 Å². The number of nitrogens with two attached hydrogens (primary N) is 1. The Morgan fingerprint density at radius 3 is 2.14 bits per heavy atom. The molecule has 1 aliphatic carbocycles. The first-order valence-corrected chi connectivity index (χ1v) is 7.59. The third kappa shape index (κ3) is 1.90. The Balaban J connectivity index is 2.36. The largest absolute Gasteiger partial charge is 0.483 e. The zero-order chi connectivity index (χ0) is 16.1. The SMILES string of the molecule is Nc1cccc2c1C(=O)c1cccc([S+]([O])(=O)O[NH3+])c1C2=O. The van der Waals surface area contributed by atoms with E-state index in [1.165, 1.54) is 36.4 Å². The van der Waals surface area contributed by atoms with Crippen LogP contribution in [0.25, 0.3) is 0 Å². The quantitative estimate of drug-likeness (QED) is 0.399. The molecule has 0 aromatic heterocycles. The summed E-state index contributed by atoms with van der Waals surface area (Å²) in [5, 5.41) is 0. The number of carbonyl (C=O) groups is 2. The van der Waals surface area contributed by atoms with Crippen LogP contribution in [0.4, 0.5) is 5.69 Å². The Kier molecular flexibility index (Phi) is 3.18. The van der Waals surface area contributed by atoms with Crippen LogP contribution in [0.3, 0.4) is 0 Å². The van der Waals surface area contributed by atoms with Crippen LogP contribution in [-0.2, 0) is 23.5 Å². The van der Waals surface area contributed by atoms with E-state index in [1.807, 2.05) is 0 Å². The molecule has 8 heteroatoms. The lowest BCUT2D eigenvalue weighted by Crippen LogP contribution is -2.52. The third-order valence-electron chi connectivity index (χ3n) is 3.49. The van der Waals surface area contributed by atoms with Crippen molar-refractivity contribution in [3.63, 3.8) is 0 Å². The Hall–Kier alpha value is -2.39. The smallest absolute Gasteiger partial charge is 0.398 e. The zero-order valence-corrected chi connectivity index (χ0v) is 12.0. The topological polar surface area (TPSA) is 134 Å². The van der Waals surface area contributed by atoms with E-state index in [1.54, 1.807) is 0 Å². The standard InChI is InChI=1S/C14H10N2O5S/c15-9-5-1-3-7-11(9)13(17)8-4-2-6-10(12(8)14(7)18)22(19,20)21-16/h1-6H,16H3,(H-,15,17)/q+1/p+1. The number of hydrogen-bond acceptors (Lipinski definition) is 5. The zero-order valence-electron chi connectivity index (χ0n) is 11.2. The first-order valence-electron chi connectivity index (χ1n) is 6.18. The predicted molar refractivity (Wildman–Crippen MR) is 75.1 cm³/mol. The van der Waals surface area contributed by atoms with Gasteiger partial charge in [0.2, 0.25) is 4.90 Å². The maximum Gasteiger partial charge on any atom is 0.483 e.